The molecule has 0 aliphatic carbocycles. The van der Waals surface area contributed by atoms with Crippen LogP contribution < -0.4 is 11.1 Å². The average molecular weight is 310 g/mol. The van der Waals surface area contributed by atoms with E-state index in [1.165, 1.54) is 17.8 Å². The molecule has 118 valence electrons. The van der Waals surface area contributed by atoms with E-state index in [0.717, 1.165) is 31.8 Å². The second-order valence-electron chi connectivity index (χ2n) is 6.75. The number of nitrogens with one attached hydrogen (secondary N) is 1. The molecule has 1 aliphatic heterocycles. The first kappa shape index (κ1) is 16.1. The molecule has 0 aromatic carbocycles. The van der Waals surface area contributed by atoms with Crippen molar-refractivity contribution in [2.75, 3.05) is 24.1 Å². The Hall–Kier alpha value is -1.30. The monoisotopic (exact) mass is 310 g/mol. The Morgan fingerprint density at radius 1 is 1.43 bits per heavy atom. The molecular weight excluding hydrogens is 284 g/mol. The quantitative estimate of drug-likeness (QED) is 0.899. The molecule has 1 amide bonds. The van der Waals surface area contributed by atoms with Gasteiger partial charge in [0.05, 0.1) is 0 Å². The molecule has 21 heavy (non-hydrogen) atoms. The summed E-state index contributed by atoms with van der Waals surface area (Å²) in [6.45, 7) is 10.0. The maximum absolute atomic E-state index is 12.6. The number of carbonyl (C=O) groups excluding carboxylic acids is 1. The number of nitrogens with zero attached hydrogens (tertiary/aromatic N) is 2. The number of piperidine rings is 1. The van der Waals surface area contributed by atoms with E-state index in [9.17, 15) is 4.79 Å². The maximum atomic E-state index is 12.6. The van der Waals surface area contributed by atoms with Gasteiger partial charge in [-0.15, -0.1) is 0 Å². The fourth-order valence-corrected chi connectivity index (χ4v) is 3.61. The van der Waals surface area contributed by atoms with Crippen molar-refractivity contribution in [2.45, 2.75) is 52.5 Å². The van der Waals surface area contributed by atoms with Crippen LogP contribution in [0.25, 0.3) is 0 Å². The van der Waals surface area contributed by atoms with Gasteiger partial charge in [-0.2, -0.15) is 0 Å². The zero-order chi connectivity index (χ0) is 15.6. The maximum Gasteiger partial charge on any atom is 0.267 e. The van der Waals surface area contributed by atoms with E-state index in [0.29, 0.717) is 15.8 Å². The standard InChI is InChI=1S/C15H26N4OS/c1-5-10-6-8-19(9-7-10)13(20)11-12(16)17-14(21-11)18-15(2,3)4/h10H,5-9,16H2,1-4H3,(H,17,18). The molecule has 1 aromatic rings. The van der Waals surface area contributed by atoms with Gasteiger partial charge in [-0.05, 0) is 39.5 Å². The summed E-state index contributed by atoms with van der Waals surface area (Å²) in [5.74, 6) is 1.13. The summed E-state index contributed by atoms with van der Waals surface area (Å²) in [7, 11) is 0. The molecule has 0 spiro atoms. The van der Waals surface area contributed by atoms with Crippen LogP contribution in [0.15, 0.2) is 0 Å². The van der Waals surface area contributed by atoms with Crippen molar-refractivity contribution < 1.29 is 4.79 Å². The molecule has 2 rings (SSSR count). The van der Waals surface area contributed by atoms with Gasteiger partial charge < -0.3 is 16.0 Å². The Balaban J connectivity index is 2.06. The minimum absolute atomic E-state index is 0.0292. The fraction of sp³-hybridized carbons (Fsp3) is 0.733. The van der Waals surface area contributed by atoms with E-state index in [-0.39, 0.29) is 11.4 Å². The molecule has 0 unspecified atom stereocenters. The van der Waals surface area contributed by atoms with Gasteiger partial charge in [-0.25, -0.2) is 4.98 Å². The predicted octanol–water partition coefficient (Wildman–Crippen LogP) is 3.20. The molecule has 1 saturated heterocycles. The number of nitrogen functional groups attached to an aromatic ring is 1. The highest BCUT2D eigenvalue weighted by Gasteiger charge is 2.26. The van der Waals surface area contributed by atoms with Crippen LogP contribution >= 0.6 is 11.3 Å². The van der Waals surface area contributed by atoms with Crippen molar-refractivity contribution in [1.29, 1.82) is 0 Å². The van der Waals surface area contributed by atoms with Gasteiger partial charge in [0.25, 0.3) is 5.91 Å². The van der Waals surface area contributed by atoms with Crippen LogP contribution in [0.5, 0.6) is 0 Å². The molecule has 0 atom stereocenters. The highest BCUT2D eigenvalue weighted by molar-refractivity contribution is 7.18. The van der Waals surface area contributed by atoms with Crippen molar-refractivity contribution in [2.24, 2.45) is 5.92 Å². The number of thiazole rings is 1. The van der Waals surface area contributed by atoms with Crippen LogP contribution in [-0.2, 0) is 0 Å². The van der Waals surface area contributed by atoms with Crippen LogP contribution in [0.2, 0.25) is 0 Å². The molecule has 0 radical (unpaired) electrons. The summed E-state index contributed by atoms with van der Waals surface area (Å²) in [6.07, 6.45) is 3.38. The van der Waals surface area contributed by atoms with Crippen molar-refractivity contribution in [3.05, 3.63) is 4.88 Å². The number of likely N-dealkylation sites (tertiary alicyclic amines) is 1. The highest BCUT2D eigenvalue weighted by Crippen LogP contribution is 2.30. The lowest BCUT2D eigenvalue weighted by molar-refractivity contribution is 0.0694. The fourth-order valence-electron chi connectivity index (χ4n) is 2.55. The van der Waals surface area contributed by atoms with E-state index in [2.05, 4.69) is 38.0 Å². The van der Waals surface area contributed by atoms with E-state index >= 15 is 0 Å². The number of anilines is 2. The smallest absolute Gasteiger partial charge is 0.267 e. The molecule has 2 heterocycles. The van der Waals surface area contributed by atoms with Gasteiger partial charge in [0.1, 0.15) is 10.7 Å². The summed E-state index contributed by atoms with van der Waals surface area (Å²) in [5.41, 5.74) is 5.84. The average Bonchev–Trinajstić information content (AvgIpc) is 2.76. The third-order valence-corrected chi connectivity index (χ3v) is 4.78. The van der Waals surface area contributed by atoms with Gasteiger partial charge in [-0.3, -0.25) is 4.79 Å². The first-order chi connectivity index (χ1) is 9.80. The van der Waals surface area contributed by atoms with Crippen LogP contribution in [-0.4, -0.2) is 34.4 Å². The molecule has 3 N–H and O–H groups in total. The molecule has 1 aromatic heterocycles. The van der Waals surface area contributed by atoms with Crippen molar-refractivity contribution >= 4 is 28.2 Å². The molecular formula is C15H26N4OS. The lowest BCUT2D eigenvalue weighted by atomic mass is 9.94. The Bertz CT molecular complexity index is 498. The van der Waals surface area contributed by atoms with Crippen molar-refractivity contribution in [1.82, 2.24) is 9.88 Å². The number of carbonyl (C=O) groups is 1. The van der Waals surface area contributed by atoms with E-state index in [4.69, 9.17) is 5.73 Å². The van der Waals surface area contributed by atoms with Gasteiger partial charge >= 0.3 is 0 Å². The Labute approximate surface area is 130 Å². The third-order valence-electron chi connectivity index (χ3n) is 3.81. The number of aromatic nitrogens is 1. The van der Waals surface area contributed by atoms with E-state index in [1.807, 2.05) is 4.90 Å². The van der Waals surface area contributed by atoms with Crippen molar-refractivity contribution in [3.8, 4) is 0 Å². The number of amides is 1. The second-order valence-corrected chi connectivity index (χ2v) is 7.75. The normalized spacial score (nSPS) is 17.0. The molecule has 1 aliphatic rings. The van der Waals surface area contributed by atoms with Crippen LogP contribution in [0.3, 0.4) is 0 Å². The van der Waals surface area contributed by atoms with Gasteiger partial charge in [0.15, 0.2) is 5.13 Å². The van der Waals surface area contributed by atoms with Crippen LogP contribution in [0.1, 0.15) is 56.6 Å². The topological polar surface area (TPSA) is 71.2 Å². The van der Waals surface area contributed by atoms with Gasteiger partial charge in [0.2, 0.25) is 0 Å². The lowest BCUT2D eigenvalue weighted by Gasteiger charge is -2.31. The Kier molecular flexibility index (Phi) is 4.76. The zero-order valence-corrected chi connectivity index (χ0v) is 14.2. The number of rotatable bonds is 3. The summed E-state index contributed by atoms with van der Waals surface area (Å²) < 4.78 is 0. The largest absolute Gasteiger partial charge is 0.382 e. The van der Waals surface area contributed by atoms with Crippen LogP contribution in [0, 0.1) is 5.92 Å². The van der Waals surface area contributed by atoms with E-state index in [1.54, 1.807) is 0 Å². The number of hydrogen-bond donors (Lipinski definition) is 2. The molecule has 6 heteroatoms. The van der Waals surface area contributed by atoms with Crippen molar-refractivity contribution in [3.63, 3.8) is 0 Å². The highest BCUT2D eigenvalue weighted by atomic mass is 32.1. The Morgan fingerprint density at radius 2 is 2.05 bits per heavy atom. The summed E-state index contributed by atoms with van der Waals surface area (Å²) in [5, 5.41) is 3.99. The van der Waals surface area contributed by atoms with E-state index < -0.39 is 0 Å². The molecule has 5 nitrogen and oxygen atoms in total. The van der Waals surface area contributed by atoms with Gasteiger partial charge in [-0.1, -0.05) is 24.7 Å². The minimum atomic E-state index is -0.0932. The molecule has 1 fully saturated rings. The molecule has 0 saturated carbocycles. The minimum Gasteiger partial charge on any atom is -0.382 e. The van der Waals surface area contributed by atoms with Crippen LogP contribution in [0.4, 0.5) is 10.9 Å². The number of hydrogen-bond acceptors (Lipinski definition) is 5. The van der Waals surface area contributed by atoms with Gasteiger partial charge in [0, 0.05) is 18.6 Å². The summed E-state index contributed by atoms with van der Waals surface area (Å²) in [6, 6.07) is 0. The first-order valence-corrected chi connectivity index (χ1v) is 8.45. The molecule has 0 bridgehead atoms. The lowest BCUT2D eigenvalue weighted by Crippen LogP contribution is -2.38. The third kappa shape index (κ3) is 4.09. The summed E-state index contributed by atoms with van der Waals surface area (Å²) in [4.78, 5) is 19.3. The number of nitrogens with two attached hydrogens (primary N) is 1. The second kappa shape index (κ2) is 6.22. The zero-order valence-electron chi connectivity index (χ0n) is 13.4. The predicted molar refractivity (Wildman–Crippen MR) is 88.8 cm³/mol. The first-order valence-electron chi connectivity index (χ1n) is 7.64. The SMILES string of the molecule is CCC1CCN(C(=O)c2sc(NC(C)(C)C)nc2N)CC1. The Morgan fingerprint density at radius 3 is 2.57 bits per heavy atom. The summed E-state index contributed by atoms with van der Waals surface area (Å²) >= 11 is 1.36.